The van der Waals surface area contributed by atoms with E-state index in [1.807, 2.05) is 24.4 Å². The lowest BCUT2D eigenvalue weighted by Gasteiger charge is -2.31. The first-order chi connectivity index (χ1) is 12.5. The number of hydrogen-bond donors (Lipinski definition) is 1. The highest BCUT2D eigenvalue weighted by atomic mass is 32.2. The van der Waals surface area contributed by atoms with E-state index < -0.39 is 21.7 Å². The predicted octanol–water partition coefficient (Wildman–Crippen LogP) is 4.01. The van der Waals surface area contributed by atoms with E-state index in [0.29, 0.717) is 25.9 Å². The number of sulfonamides is 1. The highest BCUT2D eigenvalue weighted by Gasteiger charge is 2.31. The quantitative estimate of drug-likeness (QED) is 0.751. The van der Waals surface area contributed by atoms with Gasteiger partial charge in [-0.05, 0) is 48.6 Å². The van der Waals surface area contributed by atoms with Crippen molar-refractivity contribution in [2.24, 2.45) is 0 Å². The van der Waals surface area contributed by atoms with Gasteiger partial charge in [0.1, 0.15) is 0 Å². The Kier molecular flexibility index (Phi) is 4.28. The van der Waals surface area contributed by atoms with Gasteiger partial charge in [-0.2, -0.15) is 4.31 Å². The fraction of sp³-hybridized carbons (Fsp3) is 0.263. The molecule has 3 aromatic rings. The molecule has 1 aliphatic heterocycles. The molecule has 1 aromatic heterocycles. The highest BCUT2D eigenvalue weighted by Crippen LogP contribution is 2.34. The molecule has 0 aliphatic carbocycles. The summed E-state index contributed by atoms with van der Waals surface area (Å²) in [4.78, 5) is 3.05. The van der Waals surface area contributed by atoms with Gasteiger partial charge >= 0.3 is 0 Å². The predicted molar refractivity (Wildman–Crippen MR) is 95.4 cm³/mol. The Labute approximate surface area is 150 Å². The van der Waals surface area contributed by atoms with Gasteiger partial charge in [0.2, 0.25) is 10.0 Å². The largest absolute Gasteiger partial charge is 0.361 e. The third-order valence-electron chi connectivity index (χ3n) is 5.04. The summed E-state index contributed by atoms with van der Waals surface area (Å²) in [5, 5.41) is 1.16. The Bertz CT molecular complexity index is 1050. The first-order valence-corrected chi connectivity index (χ1v) is 9.92. The van der Waals surface area contributed by atoms with E-state index in [-0.39, 0.29) is 10.8 Å². The molecule has 7 heteroatoms. The molecule has 0 amide bonds. The van der Waals surface area contributed by atoms with Crippen LogP contribution in [0.5, 0.6) is 0 Å². The second-order valence-electron chi connectivity index (χ2n) is 6.54. The zero-order valence-electron chi connectivity index (χ0n) is 14.0. The molecule has 1 N–H and O–H groups in total. The average molecular weight is 376 g/mol. The fourth-order valence-electron chi connectivity index (χ4n) is 3.63. The number of fused-ring (bicyclic) bond motifs is 1. The summed E-state index contributed by atoms with van der Waals surface area (Å²) < 4.78 is 53.2. The summed E-state index contributed by atoms with van der Waals surface area (Å²) in [6.45, 7) is 0.705. The number of nitrogens with zero attached hydrogens (tertiary/aromatic N) is 1. The molecule has 2 aromatic carbocycles. The third-order valence-corrected chi connectivity index (χ3v) is 6.94. The Morgan fingerprint density at radius 3 is 2.46 bits per heavy atom. The molecule has 0 bridgehead atoms. The van der Waals surface area contributed by atoms with Crippen molar-refractivity contribution < 1.29 is 17.2 Å². The van der Waals surface area contributed by atoms with Crippen LogP contribution in [0.1, 0.15) is 24.3 Å². The number of H-pyrrole nitrogens is 1. The molecule has 4 rings (SSSR count). The fourth-order valence-corrected chi connectivity index (χ4v) is 5.11. The van der Waals surface area contributed by atoms with Crippen molar-refractivity contribution in [3.63, 3.8) is 0 Å². The standard InChI is InChI=1S/C19H18F2N2O2S/c20-17-6-5-14(11-18(17)21)26(24,25)23-9-7-13(8-10-23)16-12-22-19-4-2-1-3-15(16)19/h1-6,11-13,22H,7-10H2. The lowest BCUT2D eigenvalue weighted by atomic mass is 9.90. The van der Waals surface area contributed by atoms with Gasteiger partial charge in [-0.25, -0.2) is 17.2 Å². The minimum absolute atomic E-state index is 0.207. The van der Waals surface area contributed by atoms with Gasteiger partial charge in [0.15, 0.2) is 11.6 Å². The molecule has 0 radical (unpaired) electrons. The molecular weight excluding hydrogens is 358 g/mol. The summed E-state index contributed by atoms with van der Waals surface area (Å²) in [5.41, 5.74) is 2.27. The minimum atomic E-state index is -3.82. The van der Waals surface area contributed by atoms with Gasteiger partial charge in [-0.1, -0.05) is 18.2 Å². The molecule has 1 fully saturated rings. The normalized spacial score (nSPS) is 17.0. The van der Waals surface area contributed by atoms with E-state index in [0.717, 1.165) is 29.1 Å². The molecule has 0 spiro atoms. The molecule has 26 heavy (non-hydrogen) atoms. The van der Waals surface area contributed by atoms with Crippen molar-refractivity contribution in [3.8, 4) is 0 Å². The van der Waals surface area contributed by atoms with Gasteiger partial charge in [0.25, 0.3) is 0 Å². The molecule has 2 heterocycles. The van der Waals surface area contributed by atoms with Crippen molar-refractivity contribution >= 4 is 20.9 Å². The molecule has 4 nitrogen and oxygen atoms in total. The maximum atomic E-state index is 13.4. The Morgan fingerprint density at radius 2 is 1.73 bits per heavy atom. The minimum Gasteiger partial charge on any atom is -0.361 e. The number of aromatic nitrogens is 1. The highest BCUT2D eigenvalue weighted by molar-refractivity contribution is 7.89. The zero-order chi connectivity index (χ0) is 18.3. The van der Waals surface area contributed by atoms with E-state index in [2.05, 4.69) is 11.1 Å². The maximum absolute atomic E-state index is 13.4. The third kappa shape index (κ3) is 2.91. The van der Waals surface area contributed by atoms with E-state index in [4.69, 9.17) is 0 Å². The van der Waals surface area contributed by atoms with Crippen LogP contribution < -0.4 is 0 Å². The van der Waals surface area contributed by atoms with Gasteiger partial charge < -0.3 is 4.98 Å². The number of nitrogens with one attached hydrogen (secondary N) is 1. The van der Waals surface area contributed by atoms with Crippen molar-refractivity contribution in [3.05, 3.63) is 65.9 Å². The van der Waals surface area contributed by atoms with Crippen LogP contribution in [0.3, 0.4) is 0 Å². The van der Waals surface area contributed by atoms with Gasteiger partial charge in [-0.15, -0.1) is 0 Å². The summed E-state index contributed by atoms with van der Waals surface area (Å²) in [5.74, 6) is -1.94. The van der Waals surface area contributed by atoms with Crippen molar-refractivity contribution in [2.75, 3.05) is 13.1 Å². The number of halogens is 2. The molecule has 1 saturated heterocycles. The number of para-hydroxylation sites is 1. The van der Waals surface area contributed by atoms with Crippen LogP contribution in [0.25, 0.3) is 10.9 Å². The van der Waals surface area contributed by atoms with Crippen molar-refractivity contribution in [1.29, 1.82) is 0 Å². The molecule has 0 saturated carbocycles. The Hall–Kier alpha value is -2.25. The first-order valence-electron chi connectivity index (χ1n) is 8.48. The molecule has 136 valence electrons. The van der Waals surface area contributed by atoms with Crippen LogP contribution in [0.2, 0.25) is 0 Å². The summed E-state index contributed by atoms with van der Waals surface area (Å²) in [7, 11) is -3.82. The smallest absolute Gasteiger partial charge is 0.243 e. The van der Waals surface area contributed by atoms with Crippen LogP contribution in [-0.2, 0) is 10.0 Å². The Balaban J connectivity index is 1.53. The summed E-state index contributed by atoms with van der Waals surface area (Å²) in [6, 6.07) is 10.7. The van der Waals surface area contributed by atoms with Crippen molar-refractivity contribution in [2.45, 2.75) is 23.7 Å². The molecule has 0 atom stereocenters. The van der Waals surface area contributed by atoms with Crippen LogP contribution in [0, 0.1) is 11.6 Å². The molecule has 1 aliphatic rings. The van der Waals surface area contributed by atoms with Crippen LogP contribution >= 0.6 is 0 Å². The lowest BCUT2D eigenvalue weighted by Crippen LogP contribution is -2.37. The van der Waals surface area contributed by atoms with Gasteiger partial charge in [-0.3, -0.25) is 0 Å². The van der Waals surface area contributed by atoms with Crippen LogP contribution in [-0.4, -0.2) is 30.8 Å². The zero-order valence-corrected chi connectivity index (χ0v) is 14.8. The summed E-state index contributed by atoms with van der Waals surface area (Å²) in [6.07, 6.45) is 3.37. The lowest BCUT2D eigenvalue weighted by molar-refractivity contribution is 0.320. The van der Waals surface area contributed by atoms with E-state index >= 15 is 0 Å². The SMILES string of the molecule is O=S(=O)(c1ccc(F)c(F)c1)N1CCC(c2c[nH]c3ccccc23)CC1. The van der Waals surface area contributed by atoms with E-state index in [1.54, 1.807) is 0 Å². The second-order valence-corrected chi connectivity index (χ2v) is 8.48. The number of aromatic amines is 1. The maximum Gasteiger partial charge on any atom is 0.243 e. The number of benzene rings is 2. The summed E-state index contributed by atoms with van der Waals surface area (Å²) >= 11 is 0. The molecule has 0 unspecified atom stereocenters. The van der Waals surface area contributed by atoms with E-state index in [9.17, 15) is 17.2 Å². The number of rotatable bonds is 3. The van der Waals surface area contributed by atoms with Crippen LogP contribution in [0.4, 0.5) is 8.78 Å². The number of hydrogen-bond acceptors (Lipinski definition) is 2. The van der Waals surface area contributed by atoms with Gasteiger partial charge in [0.05, 0.1) is 4.90 Å². The van der Waals surface area contributed by atoms with Crippen molar-refractivity contribution in [1.82, 2.24) is 9.29 Å². The number of piperidine rings is 1. The van der Waals surface area contributed by atoms with Gasteiger partial charge in [0, 0.05) is 30.2 Å². The second kappa shape index (κ2) is 6.48. The average Bonchev–Trinajstić information content (AvgIpc) is 3.08. The molecular formula is C19H18F2N2O2S. The van der Waals surface area contributed by atoms with E-state index in [1.165, 1.54) is 9.87 Å². The Morgan fingerprint density at radius 1 is 1.00 bits per heavy atom. The first kappa shape index (κ1) is 17.2. The topological polar surface area (TPSA) is 53.2 Å². The van der Waals surface area contributed by atoms with Crippen LogP contribution in [0.15, 0.2) is 53.6 Å². The monoisotopic (exact) mass is 376 g/mol.